The van der Waals surface area contributed by atoms with Gasteiger partial charge in [0.25, 0.3) is 0 Å². The van der Waals surface area contributed by atoms with E-state index in [-0.39, 0.29) is 11.9 Å². The highest BCUT2D eigenvalue weighted by Crippen LogP contribution is 2.27. The van der Waals surface area contributed by atoms with E-state index in [2.05, 4.69) is 9.47 Å². The lowest BCUT2D eigenvalue weighted by molar-refractivity contribution is -0.157. The van der Waals surface area contributed by atoms with Crippen LogP contribution in [0.1, 0.15) is 12.8 Å². The molecule has 4 nitrogen and oxygen atoms in total. The summed E-state index contributed by atoms with van der Waals surface area (Å²) in [4.78, 5) is 22.7. The smallest absolute Gasteiger partial charge is 0.309 e. The fourth-order valence-corrected chi connectivity index (χ4v) is 1.64. The largest absolute Gasteiger partial charge is 0.469 e. The molecule has 14 heavy (non-hydrogen) atoms. The van der Waals surface area contributed by atoms with E-state index in [0.29, 0.717) is 12.8 Å². The third kappa shape index (κ3) is 2.13. The fraction of sp³-hybridized carbons (Fsp3) is 0.600. The zero-order chi connectivity index (χ0) is 10.6. The molecule has 0 aromatic heterocycles. The molecule has 0 aromatic rings. The van der Waals surface area contributed by atoms with Crippen LogP contribution in [0.3, 0.4) is 0 Å². The van der Waals surface area contributed by atoms with Crippen LogP contribution in [-0.2, 0) is 19.1 Å². The van der Waals surface area contributed by atoms with Gasteiger partial charge in [-0.1, -0.05) is 12.2 Å². The number of rotatable bonds is 2. The first-order valence-corrected chi connectivity index (χ1v) is 4.51. The van der Waals surface area contributed by atoms with Crippen LogP contribution in [0.25, 0.3) is 0 Å². The normalized spacial score (nSPS) is 25.6. The van der Waals surface area contributed by atoms with Gasteiger partial charge in [-0.05, 0) is 12.8 Å². The van der Waals surface area contributed by atoms with Crippen LogP contribution in [-0.4, -0.2) is 26.2 Å². The third-order valence-electron chi connectivity index (χ3n) is 2.44. The second-order valence-electron chi connectivity index (χ2n) is 3.20. The number of allylic oxidation sites excluding steroid dienone is 2. The Labute approximate surface area is 82.9 Å². The van der Waals surface area contributed by atoms with E-state index < -0.39 is 11.8 Å². The number of hydrogen-bond acceptors (Lipinski definition) is 4. The predicted molar refractivity (Wildman–Crippen MR) is 49.4 cm³/mol. The van der Waals surface area contributed by atoms with E-state index >= 15 is 0 Å². The van der Waals surface area contributed by atoms with Crippen molar-refractivity contribution in [3.63, 3.8) is 0 Å². The molecule has 0 radical (unpaired) electrons. The summed E-state index contributed by atoms with van der Waals surface area (Å²) >= 11 is 0. The summed E-state index contributed by atoms with van der Waals surface area (Å²) in [5.74, 6) is -1.47. The van der Waals surface area contributed by atoms with Gasteiger partial charge in [0.1, 0.15) is 0 Å². The second kappa shape index (κ2) is 4.79. The Bertz CT molecular complexity index is 231. The summed E-state index contributed by atoms with van der Waals surface area (Å²) in [6.45, 7) is 0. The predicted octanol–water partition coefficient (Wildman–Crippen LogP) is 0.915. The molecule has 1 aliphatic carbocycles. The molecule has 4 heteroatoms. The van der Waals surface area contributed by atoms with Crippen molar-refractivity contribution in [3.05, 3.63) is 12.2 Å². The standard InChI is InChI=1S/C10H14O4/c1-13-9(11)7-5-3-4-6-8(7)10(12)14-2/h3-4,7-8H,5-6H2,1-2H3/t7-,8-/m0/s1. The zero-order valence-corrected chi connectivity index (χ0v) is 8.36. The van der Waals surface area contributed by atoms with Crippen LogP contribution in [0.4, 0.5) is 0 Å². The summed E-state index contributed by atoms with van der Waals surface area (Å²) in [7, 11) is 2.66. The minimum Gasteiger partial charge on any atom is -0.469 e. The minimum atomic E-state index is -0.391. The summed E-state index contributed by atoms with van der Waals surface area (Å²) in [5.41, 5.74) is 0. The SMILES string of the molecule is COC(=O)[C@H]1CC=CC[C@@H]1C(=O)OC. The quantitative estimate of drug-likeness (QED) is 0.489. The van der Waals surface area contributed by atoms with Crippen LogP contribution >= 0.6 is 0 Å². The third-order valence-corrected chi connectivity index (χ3v) is 2.44. The van der Waals surface area contributed by atoms with Crippen LogP contribution in [0.2, 0.25) is 0 Å². The molecule has 0 fully saturated rings. The average molecular weight is 198 g/mol. The lowest BCUT2D eigenvalue weighted by Gasteiger charge is -2.23. The molecule has 0 saturated heterocycles. The molecule has 0 bridgehead atoms. The first-order chi connectivity index (χ1) is 6.70. The Kier molecular flexibility index (Phi) is 3.68. The van der Waals surface area contributed by atoms with Crippen molar-refractivity contribution in [1.82, 2.24) is 0 Å². The van der Waals surface area contributed by atoms with Gasteiger partial charge in [0.15, 0.2) is 0 Å². The van der Waals surface area contributed by atoms with Crippen molar-refractivity contribution in [2.75, 3.05) is 14.2 Å². The monoisotopic (exact) mass is 198 g/mol. The number of hydrogen-bond donors (Lipinski definition) is 0. The number of ether oxygens (including phenoxy) is 2. The molecule has 0 amide bonds. The van der Waals surface area contributed by atoms with Crippen molar-refractivity contribution < 1.29 is 19.1 Å². The van der Waals surface area contributed by atoms with Crippen LogP contribution in [0.15, 0.2) is 12.2 Å². The average Bonchev–Trinajstić information content (AvgIpc) is 2.27. The first kappa shape index (κ1) is 10.8. The molecule has 0 spiro atoms. The number of carbonyl (C=O) groups is 2. The highest BCUT2D eigenvalue weighted by Gasteiger charge is 2.35. The molecular weight excluding hydrogens is 184 g/mol. The van der Waals surface area contributed by atoms with Gasteiger partial charge in [0.05, 0.1) is 26.1 Å². The van der Waals surface area contributed by atoms with E-state index in [1.165, 1.54) is 14.2 Å². The van der Waals surface area contributed by atoms with Crippen molar-refractivity contribution >= 4 is 11.9 Å². The number of carbonyl (C=O) groups excluding carboxylic acids is 2. The first-order valence-electron chi connectivity index (χ1n) is 4.51. The molecule has 0 aliphatic heterocycles. The summed E-state index contributed by atoms with van der Waals surface area (Å²) in [6, 6.07) is 0. The molecule has 1 aliphatic rings. The summed E-state index contributed by atoms with van der Waals surface area (Å²) in [6.07, 6.45) is 4.88. The van der Waals surface area contributed by atoms with Gasteiger partial charge in [-0.25, -0.2) is 0 Å². The molecule has 0 N–H and O–H groups in total. The Morgan fingerprint density at radius 1 is 1.00 bits per heavy atom. The lowest BCUT2D eigenvalue weighted by Crippen LogP contribution is -2.32. The molecule has 78 valence electrons. The molecule has 0 unspecified atom stereocenters. The Balaban J connectivity index is 2.75. The van der Waals surface area contributed by atoms with Gasteiger partial charge in [-0.2, -0.15) is 0 Å². The van der Waals surface area contributed by atoms with Crippen LogP contribution < -0.4 is 0 Å². The maximum atomic E-state index is 11.3. The van der Waals surface area contributed by atoms with Crippen molar-refractivity contribution in [2.45, 2.75) is 12.8 Å². The van der Waals surface area contributed by atoms with E-state index in [1.807, 2.05) is 12.2 Å². The van der Waals surface area contributed by atoms with Crippen LogP contribution in [0.5, 0.6) is 0 Å². The molecule has 0 aromatic carbocycles. The molecule has 2 atom stereocenters. The van der Waals surface area contributed by atoms with E-state index in [0.717, 1.165) is 0 Å². The van der Waals surface area contributed by atoms with Gasteiger partial charge in [0.2, 0.25) is 0 Å². The fourth-order valence-electron chi connectivity index (χ4n) is 1.64. The molecular formula is C10H14O4. The molecule has 1 rings (SSSR count). The van der Waals surface area contributed by atoms with Gasteiger partial charge in [-0.15, -0.1) is 0 Å². The Morgan fingerprint density at radius 3 is 1.64 bits per heavy atom. The Hall–Kier alpha value is -1.32. The van der Waals surface area contributed by atoms with Crippen molar-refractivity contribution in [1.29, 1.82) is 0 Å². The number of methoxy groups -OCH3 is 2. The van der Waals surface area contributed by atoms with Crippen molar-refractivity contribution in [3.8, 4) is 0 Å². The van der Waals surface area contributed by atoms with Gasteiger partial charge >= 0.3 is 11.9 Å². The van der Waals surface area contributed by atoms with Crippen LogP contribution in [0, 0.1) is 11.8 Å². The van der Waals surface area contributed by atoms with E-state index in [4.69, 9.17) is 0 Å². The zero-order valence-electron chi connectivity index (χ0n) is 8.36. The Morgan fingerprint density at radius 2 is 1.36 bits per heavy atom. The number of esters is 2. The lowest BCUT2D eigenvalue weighted by atomic mass is 9.83. The van der Waals surface area contributed by atoms with Gasteiger partial charge in [-0.3, -0.25) is 9.59 Å². The maximum Gasteiger partial charge on any atom is 0.309 e. The van der Waals surface area contributed by atoms with Crippen molar-refractivity contribution in [2.24, 2.45) is 11.8 Å². The minimum absolute atomic E-state index is 0.343. The van der Waals surface area contributed by atoms with E-state index in [9.17, 15) is 9.59 Å². The van der Waals surface area contributed by atoms with Gasteiger partial charge in [0, 0.05) is 0 Å². The summed E-state index contributed by atoms with van der Waals surface area (Å²) in [5, 5.41) is 0. The maximum absolute atomic E-state index is 11.3. The highest BCUT2D eigenvalue weighted by molar-refractivity contribution is 5.82. The topological polar surface area (TPSA) is 52.6 Å². The highest BCUT2D eigenvalue weighted by atomic mass is 16.5. The van der Waals surface area contributed by atoms with Gasteiger partial charge < -0.3 is 9.47 Å². The van der Waals surface area contributed by atoms with E-state index in [1.54, 1.807) is 0 Å². The second-order valence-corrected chi connectivity index (χ2v) is 3.20. The molecule has 0 heterocycles. The summed E-state index contributed by atoms with van der Waals surface area (Å²) < 4.78 is 9.27. The molecule has 0 saturated carbocycles.